The summed E-state index contributed by atoms with van der Waals surface area (Å²) in [6.07, 6.45) is 1.66. The molecular weight excluding hydrogens is 570 g/mol. The van der Waals surface area contributed by atoms with Gasteiger partial charge in [0.05, 0.1) is 4.91 Å². The van der Waals surface area contributed by atoms with Gasteiger partial charge in [0.15, 0.2) is 11.5 Å². The predicted molar refractivity (Wildman–Crippen MR) is 166 cm³/mol. The SMILES string of the molecule is O=C(O)CN1C(=O)/C(=C\c2cc(OCc3ccccc3)c(OCc3ccccc3)c(OCc3ccccc3)c2)SC1=S. The first-order chi connectivity index (χ1) is 20.5. The summed E-state index contributed by atoms with van der Waals surface area (Å²) in [5.41, 5.74) is 3.53. The summed E-state index contributed by atoms with van der Waals surface area (Å²) in [6.45, 7) is 0.359. The van der Waals surface area contributed by atoms with Crippen molar-refractivity contribution in [2.24, 2.45) is 0 Å². The van der Waals surface area contributed by atoms with Crippen molar-refractivity contribution in [1.82, 2.24) is 4.90 Å². The quantitative estimate of drug-likeness (QED) is 0.143. The van der Waals surface area contributed by atoms with Gasteiger partial charge in [0.1, 0.15) is 30.7 Å². The fraction of sp³-hybridized carbons (Fsp3) is 0.121. The van der Waals surface area contributed by atoms with Crippen LogP contribution in [0.3, 0.4) is 0 Å². The lowest BCUT2D eigenvalue weighted by Crippen LogP contribution is -2.33. The summed E-state index contributed by atoms with van der Waals surface area (Å²) in [5.74, 6) is -0.294. The maximum atomic E-state index is 13.0. The molecule has 0 bridgehead atoms. The molecule has 4 aromatic rings. The molecule has 1 aliphatic rings. The number of amides is 1. The van der Waals surface area contributed by atoms with Gasteiger partial charge in [-0.1, -0.05) is 115 Å². The number of nitrogens with zero attached hydrogens (tertiary/aromatic N) is 1. The Kier molecular flexibility index (Phi) is 9.53. The Bertz CT molecular complexity index is 1530. The highest BCUT2D eigenvalue weighted by atomic mass is 32.2. The molecule has 5 rings (SSSR count). The molecular formula is C33H27NO6S2. The van der Waals surface area contributed by atoms with E-state index in [0.717, 1.165) is 33.4 Å². The van der Waals surface area contributed by atoms with Gasteiger partial charge in [0.2, 0.25) is 5.75 Å². The summed E-state index contributed by atoms with van der Waals surface area (Å²) in [5, 5.41) is 9.20. The lowest BCUT2D eigenvalue weighted by Gasteiger charge is -2.19. The second-order valence-electron chi connectivity index (χ2n) is 9.33. The molecule has 1 amide bonds. The molecule has 7 nitrogen and oxygen atoms in total. The molecule has 42 heavy (non-hydrogen) atoms. The number of carbonyl (C=O) groups excluding carboxylic acids is 1. The van der Waals surface area contributed by atoms with E-state index in [1.165, 1.54) is 0 Å². The molecule has 0 unspecified atom stereocenters. The highest BCUT2D eigenvalue weighted by molar-refractivity contribution is 8.26. The van der Waals surface area contributed by atoms with Gasteiger partial charge in [-0.15, -0.1) is 0 Å². The number of carboxylic acids is 1. The second kappa shape index (κ2) is 13.8. The van der Waals surface area contributed by atoms with E-state index in [9.17, 15) is 14.7 Å². The number of thiocarbonyl (C=S) groups is 1. The molecule has 1 aliphatic heterocycles. The number of thioether (sulfide) groups is 1. The third kappa shape index (κ3) is 7.57. The average Bonchev–Trinajstić information content (AvgIpc) is 3.26. The maximum absolute atomic E-state index is 13.0. The van der Waals surface area contributed by atoms with Crippen molar-refractivity contribution in [3.8, 4) is 17.2 Å². The van der Waals surface area contributed by atoms with Gasteiger partial charge < -0.3 is 19.3 Å². The monoisotopic (exact) mass is 597 g/mol. The van der Waals surface area contributed by atoms with Crippen molar-refractivity contribution in [3.05, 3.63) is 130 Å². The number of carboxylic acid groups (broad SMARTS) is 1. The Morgan fingerprint density at radius 1 is 0.762 bits per heavy atom. The zero-order valence-corrected chi connectivity index (χ0v) is 24.1. The zero-order valence-electron chi connectivity index (χ0n) is 22.5. The van der Waals surface area contributed by atoms with Gasteiger partial charge >= 0.3 is 5.97 Å². The van der Waals surface area contributed by atoms with Crippen LogP contribution in [0.25, 0.3) is 6.08 Å². The number of aliphatic carboxylic acids is 1. The molecule has 0 aromatic heterocycles. The van der Waals surface area contributed by atoms with E-state index >= 15 is 0 Å². The molecule has 1 saturated heterocycles. The molecule has 1 fully saturated rings. The number of rotatable bonds is 12. The van der Waals surface area contributed by atoms with Crippen LogP contribution in [-0.4, -0.2) is 32.7 Å². The topological polar surface area (TPSA) is 85.3 Å². The molecule has 0 radical (unpaired) electrons. The van der Waals surface area contributed by atoms with E-state index in [4.69, 9.17) is 26.4 Å². The van der Waals surface area contributed by atoms with Crippen molar-refractivity contribution in [2.45, 2.75) is 19.8 Å². The number of hydrogen-bond acceptors (Lipinski definition) is 7. The van der Waals surface area contributed by atoms with Crippen LogP contribution in [0.1, 0.15) is 22.3 Å². The van der Waals surface area contributed by atoms with Crippen LogP contribution < -0.4 is 14.2 Å². The van der Waals surface area contributed by atoms with Crippen LogP contribution in [0, 0.1) is 0 Å². The largest absolute Gasteiger partial charge is 0.485 e. The highest BCUT2D eigenvalue weighted by Crippen LogP contribution is 2.42. The van der Waals surface area contributed by atoms with Gasteiger partial charge in [-0.05, 0) is 40.5 Å². The fourth-order valence-corrected chi connectivity index (χ4v) is 5.42. The smallest absolute Gasteiger partial charge is 0.323 e. The third-order valence-corrected chi connectivity index (χ3v) is 7.59. The van der Waals surface area contributed by atoms with Crippen molar-refractivity contribution in [2.75, 3.05) is 6.54 Å². The van der Waals surface area contributed by atoms with Gasteiger partial charge in [-0.3, -0.25) is 14.5 Å². The van der Waals surface area contributed by atoms with Crippen LogP contribution in [0.2, 0.25) is 0 Å². The first-order valence-corrected chi connectivity index (χ1v) is 14.3. The third-order valence-electron chi connectivity index (χ3n) is 6.21. The molecule has 1 heterocycles. The first-order valence-electron chi connectivity index (χ1n) is 13.1. The Balaban J connectivity index is 1.52. The number of ether oxygens (including phenoxy) is 3. The molecule has 9 heteroatoms. The Labute approximate surface area is 253 Å². The van der Waals surface area contributed by atoms with Gasteiger partial charge in [0.25, 0.3) is 5.91 Å². The Morgan fingerprint density at radius 3 is 1.67 bits per heavy atom. The van der Waals surface area contributed by atoms with Gasteiger partial charge in [-0.2, -0.15) is 0 Å². The maximum Gasteiger partial charge on any atom is 0.323 e. The van der Waals surface area contributed by atoms with Crippen molar-refractivity contribution < 1.29 is 28.9 Å². The lowest BCUT2D eigenvalue weighted by molar-refractivity contribution is -0.140. The number of hydrogen-bond donors (Lipinski definition) is 1. The van der Waals surface area contributed by atoms with E-state index in [0.29, 0.717) is 27.7 Å². The molecule has 212 valence electrons. The molecule has 0 aliphatic carbocycles. The number of benzene rings is 4. The molecule has 0 spiro atoms. The van der Waals surface area contributed by atoms with E-state index in [1.807, 2.05) is 91.0 Å². The fourth-order valence-electron chi connectivity index (χ4n) is 4.16. The van der Waals surface area contributed by atoms with Crippen molar-refractivity contribution in [3.63, 3.8) is 0 Å². The zero-order chi connectivity index (χ0) is 29.3. The van der Waals surface area contributed by atoms with Crippen LogP contribution in [-0.2, 0) is 29.4 Å². The molecule has 4 aromatic carbocycles. The Morgan fingerprint density at radius 2 is 1.21 bits per heavy atom. The molecule has 0 atom stereocenters. The van der Waals surface area contributed by atoms with E-state index in [2.05, 4.69) is 0 Å². The van der Waals surface area contributed by atoms with Crippen molar-refractivity contribution >= 4 is 46.3 Å². The molecule has 1 N–H and O–H groups in total. The van der Waals surface area contributed by atoms with Crippen molar-refractivity contribution in [1.29, 1.82) is 0 Å². The van der Waals surface area contributed by atoms with E-state index in [1.54, 1.807) is 18.2 Å². The van der Waals surface area contributed by atoms with Crippen LogP contribution in [0.4, 0.5) is 0 Å². The number of carbonyl (C=O) groups is 2. The molecule has 0 saturated carbocycles. The minimum atomic E-state index is -1.14. The summed E-state index contributed by atoms with van der Waals surface area (Å²) in [6, 6.07) is 32.9. The predicted octanol–water partition coefficient (Wildman–Crippen LogP) is 6.71. The average molecular weight is 598 g/mol. The van der Waals surface area contributed by atoms with E-state index < -0.39 is 18.4 Å². The standard InChI is InChI=1S/C33H27NO6S2/c35-30(36)19-34-32(37)29(42-33(34)41)18-26-16-27(38-20-23-10-4-1-5-11-23)31(40-22-25-14-8-3-9-15-25)28(17-26)39-21-24-12-6-2-7-13-24/h1-18H,19-22H2,(H,35,36)/b29-18+. The summed E-state index contributed by atoms with van der Waals surface area (Å²) in [7, 11) is 0. The first kappa shape index (κ1) is 28.9. The second-order valence-corrected chi connectivity index (χ2v) is 11.0. The lowest BCUT2D eigenvalue weighted by atomic mass is 10.1. The highest BCUT2D eigenvalue weighted by Gasteiger charge is 2.33. The van der Waals surface area contributed by atoms with Crippen LogP contribution in [0.15, 0.2) is 108 Å². The normalized spacial score (nSPS) is 13.8. The van der Waals surface area contributed by atoms with Crippen LogP contribution >= 0.6 is 24.0 Å². The van der Waals surface area contributed by atoms with Crippen LogP contribution in [0.5, 0.6) is 17.2 Å². The minimum absolute atomic E-state index is 0.192. The summed E-state index contributed by atoms with van der Waals surface area (Å²) >= 11 is 6.32. The van der Waals surface area contributed by atoms with Gasteiger partial charge in [-0.25, -0.2) is 0 Å². The summed E-state index contributed by atoms with van der Waals surface area (Å²) < 4.78 is 19.1. The van der Waals surface area contributed by atoms with Gasteiger partial charge in [0, 0.05) is 0 Å². The minimum Gasteiger partial charge on any atom is -0.485 e. The summed E-state index contributed by atoms with van der Waals surface area (Å²) in [4.78, 5) is 25.6. The van der Waals surface area contributed by atoms with E-state index in [-0.39, 0.29) is 24.1 Å². The Hall–Kier alpha value is -4.60.